The molecule has 2 N–H and O–H groups in total. The van der Waals surface area contributed by atoms with Gasteiger partial charge in [0.15, 0.2) is 0 Å². The maximum absolute atomic E-state index is 12.3. The van der Waals surface area contributed by atoms with Crippen molar-refractivity contribution < 1.29 is 19.7 Å². The lowest BCUT2D eigenvalue weighted by molar-refractivity contribution is -0.142. The Morgan fingerprint density at radius 3 is 2.39 bits per heavy atom. The van der Waals surface area contributed by atoms with Gasteiger partial charge in [-0.25, -0.2) is 0 Å². The van der Waals surface area contributed by atoms with E-state index in [0.717, 1.165) is 24.7 Å². The summed E-state index contributed by atoms with van der Waals surface area (Å²) in [5.74, 6) is 2.94. The number of rotatable bonds is 4. The third-order valence-electron chi connectivity index (χ3n) is 13.1. The van der Waals surface area contributed by atoms with E-state index in [9.17, 15) is 15.0 Å². The summed E-state index contributed by atoms with van der Waals surface area (Å²) in [6.07, 6.45) is 12.7. The van der Waals surface area contributed by atoms with Gasteiger partial charge in [-0.15, -0.1) is 0 Å². The highest BCUT2D eigenvalue weighted by Gasteiger charge is 2.80. The molecule has 8 unspecified atom stereocenters. The van der Waals surface area contributed by atoms with Gasteiger partial charge in [0.05, 0.1) is 23.9 Å². The van der Waals surface area contributed by atoms with Gasteiger partial charge in [0.2, 0.25) is 5.91 Å². The fraction of sp³-hybridized carbons (Fsp3) is 0.968. The van der Waals surface area contributed by atoms with E-state index < -0.39 is 5.60 Å². The van der Waals surface area contributed by atoms with Gasteiger partial charge in [-0.1, -0.05) is 20.8 Å². The van der Waals surface area contributed by atoms with Gasteiger partial charge in [0, 0.05) is 20.0 Å². The maximum Gasteiger partial charge on any atom is 0.219 e. The zero-order valence-corrected chi connectivity index (χ0v) is 23.7. The van der Waals surface area contributed by atoms with Crippen LogP contribution in [0.2, 0.25) is 0 Å². The largest absolute Gasteiger partial charge is 0.393 e. The topological polar surface area (TPSA) is 70.0 Å². The number of hydrogen-bond donors (Lipinski definition) is 2. The fourth-order valence-electron chi connectivity index (χ4n) is 11.5. The predicted molar refractivity (Wildman–Crippen MR) is 140 cm³/mol. The highest BCUT2D eigenvalue weighted by Crippen LogP contribution is 2.87. The van der Waals surface area contributed by atoms with E-state index in [0.29, 0.717) is 47.3 Å². The highest BCUT2D eigenvalue weighted by atomic mass is 16.5. The first-order valence-electron chi connectivity index (χ1n) is 15.0. The van der Waals surface area contributed by atoms with Crippen molar-refractivity contribution in [3.8, 4) is 0 Å². The summed E-state index contributed by atoms with van der Waals surface area (Å²) in [4.78, 5) is 14.1. The predicted octanol–water partition coefficient (Wildman–Crippen LogP) is 5.17. The smallest absolute Gasteiger partial charge is 0.219 e. The number of aliphatic hydroxyl groups excluding tert-OH is 1. The van der Waals surface area contributed by atoms with Crippen molar-refractivity contribution in [3.63, 3.8) is 0 Å². The summed E-state index contributed by atoms with van der Waals surface area (Å²) in [6, 6.07) is 0. The van der Waals surface area contributed by atoms with Crippen LogP contribution in [0.3, 0.4) is 0 Å². The lowest BCUT2D eigenvalue weighted by atomic mass is 9.46. The minimum Gasteiger partial charge on any atom is -0.393 e. The third-order valence-corrected chi connectivity index (χ3v) is 13.1. The first-order chi connectivity index (χ1) is 16.7. The summed E-state index contributed by atoms with van der Waals surface area (Å²) in [7, 11) is 0. The molecule has 0 bridgehead atoms. The number of nitrogens with zero attached hydrogens (tertiary/aromatic N) is 1. The SMILES string of the molecule is CC(=O)N(CC1CCC2C(CC3C4CCC5C(C)(C)[C@@H](O)CCC56C[C@@]46CCC23C)O1)CC(C)(C)O. The van der Waals surface area contributed by atoms with Crippen molar-refractivity contribution in [1.29, 1.82) is 0 Å². The van der Waals surface area contributed by atoms with Gasteiger partial charge in [-0.2, -0.15) is 0 Å². The van der Waals surface area contributed by atoms with Crippen LogP contribution in [0.15, 0.2) is 0 Å². The van der Waals surface area contributed by atoms with Crippen molar-refractivity contribution >= 4 is 5.91 Å². The minimum atomic E-state index is -0.893. The van der Waals surface area contributed by atoms with Gasteiger partial charge < -0.3 is 19.8 Å². The summed E-state index contributed by atoms with van der Waals surface area (Å²) in [5.41, 5.74) is 0.576. The van der Waals surface area contributed by atoms with Crippen molar-refractivity contribution in [1.82, 2.24) is 4.90 Å². The summed E-state index contributed by atoms with van der Waals surface area (Å²) >= 11 is 0. The molecule has 36 heavy (non-hydrogen) atoms. The van der Waals surface area contributed by atoms with Crippen LogP contribution in [0.4, 0.5) is 0 Å². The highest BCUT2D eigenvalue weighted by molar-refractivity contribution is 5.73. The standard InChI is InChI=1S/C31H51NO4/c1-19(33)32(18-27(2,3)35)16-20-7-8-22-24(36-20)15-23-21-9-10-25-28(4,5)26(34)11-12-31(25)17-30(21,31)14-13-29(22,23)6/h20-26,34-35H,7-18H2,1-6H3/t20?,21?,22?,23?,24?,25?,26-,29?,30-,31?/m0/s1. The average Bonchev–Trinajstić information content (AvgIpc) is 3.36. The molecule has 0 aromatic heterocycles. The Hall–Kier alpha value is -0.650. The Kier molecular flexibility index (Phi) is 5.65. The molecule has 2 spiro atoms. The van der Waals surface area contributed by atoms with Crippen LogP contribution >= 0.6 is 0 Å². The van der Waals surface area contributed by atoms with E-state index >= 15 is 0 Å². The lowest BCUT2D eigenvalue weighted by Gasteiger charge is -2.59. The summed E-state index contributed by atoms with van der Waals surface area (Å²) in [5, 5.41) is 21.2. The van der Waals surface area contributed by atoms with Crippen LogP contribution in [-0.4, -0.2) is 58.0 Å². The van der Waals surface area contributed by atoms with Crippen molar-refractivity contribution in [2.75, 3.05) is 13.1 Å². The zero-order chi connectivity index (χ0) is 25.9. The second-order valence-electron chi connectivity index (χ2n) is 15.6. The second-order valence-corrected chi connectivity index (χ2v) is 15.6. The molecule has 1 aliphatic heterocycles. The van der Waals surface area contributed by atoms with Crippen molar-refractivity contribution in [2.45, 2.75) is 130 Å². The molecule has 0 radical (unpaired) electrons. The Morgan fingerprint density at radius 1 is 0.972 bits per heavy atom. The maximum atomic E-state index is 12.3. The second kappa shape index (κ2) is 7.94. The van der Waals surface area contributed by atoms with Crippen molar-refractivity contribution in [2.24, 2.45) is 45.3 Å². The summed E-state index contributed by atoms with van der Waals surface area (Å²) < 4.78 is 6.83. The summed E-state index contributed by atoms with van der Waals surface area (Å²) in [6.45, 7) is 13.4. The van der Waals surface area contributed by atoms with E-state index in [2.05, 4.69) is 20.8 Å². The van der Waals surface area contributed by atoms with Crippen LogP contribution in [-0.2, 0) is 9.53 Å². The number of hydrogen-bond acceptors (Lipinski definition) is 4. The molecule has 1 heterocycles. The zero-order valence-electron chi connectivity index (χ0n) is 23.7. The molecule has 6 rings (SSSR count). The number of carbonyl (C=O) groups excluding carboxylic acids is 1. The lowest BCUT2D eigenvalue weighted by Crippen LogP contribution is -2.54. The Morgan fingerprint density at radius 2 is 1.69 bits per heavy atom. The number of carbonyl (C=O) groups is 1. The monoisotopic (exact) mass is 501 g/mol. The molecular weight excluding hydrogens is 450 g/mol. The Balaban J connectivity index is 1.19. The molecule has 6 aliphatic rings. The van der Waals surface area contributed by atoms with Crippen LogP contribution in [0.5, 0.6) is 0 Å². The molecule has 1 amide bonds. The van der Waals surface area contributed by atoms with Gasteiger partial charge in [0.25, 0.3) is 0 Å². The van der Waals surface area contributed by atoms with E-state index in [1.54, 1.807) is 25.7 Å². The molecule has 0 aromatic carbocycles. The van der Waals surface area contributed by atoms with Crippen LogP contribution in [0.25, 0.3) is 0 Å². The van der Waals surface area contributed by atoms with Gasteiger partial charge in [-0.3, -0.25) is 4.79 Å². The Labute approximate surface area is 218 Å². The fourth-order valence-corrected chi connectivity index (χ4v) is 11.5. The molecule has 6 fully saturated rings. The third kappa shape index (κ3) is 3.47. The molecule has 204 valence electrons. The molecule has 5 aliphatic carbocycles. The molecule has 0 aromatic rings. The van der Waals surface area contributed by atoms with E-state index in [1.807, 2.05) is 0 Å². The molecule has 5 heteroatoms. The van der Waals surface area contributed by atoms with Gasteiger partial charge in [0.1, 0.15) is 0 Å². The first kappa shape index (κ1) is 25.6. The van der Waals surface area contributed by atoms with Crippen LogP contribution in [0.1, 0.15) is 106 Å². The van der Waals surface area contributed by atoms with Crippen molar-refractivity contribution in [3.05, 3.63) is 0 Å². The van der Waals surface area contributed by atoms with Crippen LogP contribution < -0.4 is 0 Å². The minimum absolute atomic E-state index is 0.0214. The molecule has 5 nitrogen and oxygen atoms in total. The molecule has 5 saturated carbocycles. The molecular formula is C31H51NO4. The quantitative estimate of drug-likeness (QED) is 0.557. The number of aliphatic hydroxyl groups is 2. The van der Waals surface area contributed by atoms with E-state index in [1.165, 1.54) is 51.4 Å². The molecule has 1 saturated heterocycles. The van der Waals surface area contributed by atoms with E-state index in [-0.39, 0.29) is 23.5 Å². The van der Waals surface area contributed by atoms with Gasteiger partial charge >= 0.3 is 0 Å². The average molecular weight is 502 g/mol. The van der Waals surface area contributed by atoms with Crippen LogP contribution in [0, 0.1) is 45.3 Å². The Bertz CT molecular complexity index is 911. The number of amides is 1. The first-order valence-corrected chi connectivity index (χ1v) is 15.0. The van der Waals surface area contributed by atoms with Gasteiger partial charge in [-0.05, 0) is 123 Å². The van der Waals surface area contributed by atoms with E-state index in [4.69, 9.17) is 4.74 Å². The normalized spacial score (nSPS) is 50.7. The number of ether oxygens (including phenoxy) is 1. The molecule has 10 atom stereocenters. The number of fused-ring (bicyclic) bond motifs is 4.